The highest BCUT2D eigenvalue weighted by Crippen LogP contribution is 2.17. The quantitative estimate of drug-likeness (QED) is 0.593. The molecule has 0 unspecified atom stereocenters. The molecule has 1 aromatic carbocycles. The van der Waals surface area contributed by atoms with E-state index in [0.717, 1.165) is 12.0 Å². The Hall–Kier alpha value is -1.51. The van der Waals surface area contributed by atoms with Crippen LogP contribution in [0.5, 0.6) is 5.75 Å². The van der Waals surface area contributed by atoms with Crippen molar-refractivity contribution >= 4 is 6.47 Å². The summed E-state index contributed by atoms with van der Waals surface area (Å²) in [5, 5.41) is 16.3. The number of aryl methyl sites for hydroxylation is 1. The molecule has 0 saturated heterocycles. The Morgan fingerprint density at radius 3 is 2.40 bits per heavy atom. The van der Waals surface area contributed by atoms with Crippen molar-refractivity contribution in [3.05, 3.63) is 29.8 Å². The van der Waals surface area contributed by atoms with Gasteiger partial charge in [-0.15, -0.1) is 0 Å². The third-order valence-electron chi connectivity index (χ3n) is 2.04. The zero-order valence-corrected chi connectivity index (χ0v) is 9.02. The maximum absolute atomic E-state index is 9.41. The molecule has 0 radical (unpaired) electrons. The molecule has 2 N–H and O–H groups in total. The van der Waals surface area contributed by atoms with Gasteiger partial charge in [0, 0.05) is 0 Å². The van der Waals surface area contributed by atoms with Gasteiger partial charge in [-0.25, -0.2) is 0 Å². The van der Waals surface area contributed by atoms with Crippen molar-refractivity contribution in [2.45, 2.75) is 32.6 Å². The minimum atomic E-state index is -0.250. The van der Waals surface area contributed by atoms with Gasteiger partial charge in [0.05, 0.1) is 0 Å². The molecular weight excluding hydrogens is 192 g/mol. The van der Waals surface area contributed by atoms with Crippen LogP contribution in [0.4, 0.5) is 0 Å². The Labute approximate surface area is 90.4 Å². The summed E-state index contributed by atoms with van der Waals surface area (Å²) in [5.41, 5.74) is 1.07. The van der Waals surface area contributed by atoms with Crippen LogP contribution in [-0.4, -0.2) is 16.7 Å². The van der Waals surface area contributed by atoms with Gasteiger partial charge in [-0.1, -0.05) is 38.0 Å². The highest BCUT2D eigenvalue weighted by Gasteiger charge is 1.97. The average molecular weight is 210 g/mol. The van der Waals surface area contributed by atoms with E-state index in [-0.39, 0.29) is 6.47 Å². The Kier molecular flexibility index (Phi) is 8.15. The summed E-state index contributed by atoms with van der Waals surface area (Å²) in [6.07, 6.45) is 4.65. The summed E-state index contributed by atoms with van der Waals surface area (Å²) >= 11 is 0. The summed E-state index contributed by atoms with van der Waals surface area (Å²) in [6, 6.07) is 7.58. The standard InChI is InChI=1S/C11H16O.CH2O2/c1-2-3-4-7-10-8-5-6-9-11(10)12;2-1-3/h5-6,8-9,12H,2-4,7H2,1H3;1H,(H,2,3). The van der Waals surface area contributed by atoms with Crippen LogP contribution in [-0.2, 0) is 11.2 Å². The first-order chi connectivity index (χ1) is 7.26. The molecule has 0 aromatic heterocycles. The van der Waals surface area contributed by atoms with Crippen LogP contribution in [0.15, 0.2) is 24.3 Å². The van der Waals surface area contributed by atoms with Crippen molar-refractivity contribution in [2.24, 2.45) is 0 Å². The van der Waals surface area contributed by atoms with Gasteiger partial charge in [0.25, 0.3) is 6.47 Å². The smallest absolute Gasteiger partial charge is 0.290 e. The predicted molar refractivity (Wildman–Crippen MR) is 60.0 cm³/mol. The summed E-state index contributed by atoms with van der Waals surface area (Å²) in [4.78, 5) is 8.36. The van der Waals surface area contributed by atoms with Gasteiger partial charge in [0.15, 0.2) is 0 Å². The van der Waals surface area contributed by atoms with Crippen molar-refractivity contribution in [3.8, 4) is 5.75 Å². The van der Waals surface area contributed by atoms with Crippen LogP contribution in [0.2, 0.25) is 0 Å². The van der Waals surface area contributed by atoms with Crippen LogP contribution in [0, 0.1) is 0 Å². The normalized spacial score (nSPS) is 8.87. The van der Waals surface area contributed by atoms with E-state index < -0.39 is 0 Å². The van der Waals surface area contributed by atoms with Crippen LogP contribution < -0.4 is 0 Å². The Balaban J connectivity index is 0.000000583. The molecule has 0 bridgehead atoms. The number of phenols is 1. The fourth-order valence-electron chi connectivity index (χ4n) is 1.29. The fourth-order valence-corrected chi connectivity index (χ4v) is 1.29. The van der Waals surface area contributed by atoms with Gasteiger partial charge in [0.1, 0.15) is 5.75 Å². The summed E-state index contributed by atoms with van der Waals surface area (Å²) in [6.45, 7) is 1.94. The lowest BCUT2D eigenvalue weighted by molar-refractivity contribution is -0.122. The van der Waals surface area contributed by atoms with E-state index in [9.17, 15) is 5.11 Å². The lowest BCUT2D eigenvalue weighted by Gasteiger charge is -2.02. The van der Waals surface area contributed by atoms with E-state index in [2.05, 4.69) is 6.92 Å². The largest absolute Gasteiger partial charge is 0.508 e. The third kappa shape index (κ3) is 6.55. The molecule has 0 fully saturated rings. The van der Waals surface area contributed by atoms with E-state index in [0.29, 0.717) is 5.75 Å². The summed E-state index contributed by atoms with van der Waals surface area (Å²) < 4.78 is 0. The molecule has 0 spiro atoms. The zero-order valence-electron chi connectivity index (χ0n) is 9.02. The molecule has 0 aliphatic carbocycles. The molecule has 0 heterocycles. The lowest BCUT2D eigenvalue weighted by Crippen LogP contribution is -1.85. The molecule has 0 aliphatic rings. The van der Waals surface area contributed by atoms with Crippen LogP contribution >= 0.6 is 0 Å². The van der Waals surface area contributed by atoms with E-state index in [1.54, 1.807) is 6.07 Å². The number of benzene rings is 1. The second kappa shape index (κ2) is 9.06. The zero-order chi connectivity index (χ0) is 11.5. The van der Waals surface area contributed by atoms with Crippen molar-refractivity contribution in [1.82, 2.24) is 0 Å². The first-order valence-corrected chi connectivity index (χ1v) is 5.11. The van der Waals surface area contributed by atoms with Crippen LogP contribution in [0.25, 0.3) is 0 Å². The second-order valence-corrected chi connectivity index (χ2v) is 3.19. The number of unbranched alkanes of at least 4 members (excludes halogenated alkanes) is 2. The molecule has 1 rings (SSSR count). The number of phenolic OH excluding ortho intramolecular Hbond substituents is 1. The summed E-state index contributed by atoms with van der Waals surface area (Å²) in [5.74, 6) is 0.439. The molecule has 84 valence electrons. The molecule has 3 nitrogen and oxygen atoms in total. The number of carboxylic acid groups (broad SMARTS) is 1. The average Bonchev–Trinajstić information content (AvgIpc) is 2.22. The predicted octanol–water partition coefficient (Wildman–Crippen LogP) is 2.83. The van der Waals surface area contributed by atoms with Gasteiger partial charge in [-0.3, -0.25) is 4.79 Å². The number of carbonyl (C=O) groups is 1. The van der Waals surface area contributed by atoms with Gasteiger partial charge >= 0.3 is 0 Å². The molecule has 1 aromatic rings. The van der Waals surface area contributed by atoms with Crippen LogP contribution in [0.3, 0.4) is 0 Å². The molecule has 0 amide bonds. The Morgan fingerprint density at radius 1 is 1.27 bits per heavy atom. The highest BCUT2D eigenvalue weighted by molar-refractivity contribution is 5.32. The number of hydrogen-bond donors (Lipinski definition) is 2. The SMILES string of the molecule is CCCCCc1ccccc1O.O=CO. The molecule has 3 heteroatoms. The van der Waals surface area contributed by atoms with Crippen LogP contribution in [0.1, 0.15) is 31.7 Å². The van der Waals surface area contributed by atoms with Crippen molar-refractivity contribution < 1.29 is 15.0 Å². The summed E-state index contributed by atoms with van der Waals surface area (Å²) in [7, 11) is 0. The lowest BCUT2D eigenvalue weighted by atomic mass is 10.1. The minimum Gasteiger partial charge on any atom is -0.508 e. The second-order valence-electron chi connectivity index (χ2n) is 3.19. The molecule has 0 aliphatic heterocycles. The van der Waals surface area contributed by atoms with Gasteiger partial charge < -0.3 is 10.2 Å². The van der Waals surface area contributed by atoms with E-state index in [4.69, 9.17) is 9.90 Å². The molecule has 0 saturated carbocycles. The highest BCUT2D eigenvalue weighted by atomic mass is 16.3. The van der Waals surface area contributed by atoms with Crippen molar-refractivity contribution in [1.29, 1.82) is 0 Å². The minimum absolute atomic E-state index is 0.250. The topological polar surface area (TPSA) is 57.5 Å². The monoisotopic (exact) mass is 210 g/mol. The van der Waals surface area contributed by atoms with E-state index in [1.807, 2.05) is 18.2 Å². The molecular formula is C12H18O3. The van der Waals surface area contributed by atoms with Gasteiger partial charge in [-0.2, -0.15) is 0 Å². The maximum Gasteiger partial charge on any atom is 0.290 e. The first kappa shape index (κ1) is 13.5. The number of para-hydroxylation sites is 1. The first-order valence-electron chi connectivity index (χ1n) is 5.11. The van der Waals surface area contributed by atoms with E-state index >= 15 is 0 Å². The van der Waals surface area contributed by atoms with Gasteiger partial charge in [0.2, 0.25) is 0 Å². The van der Waals surface area contributed by atoms with Crippen molar-refractivity contribution in [3.63, 3.8) is 0 Å². The fraction of sp³-hybridized carbons (Fsp3) is 0.417. The third-order valence-corrected chi connectivity index (χ3v) is 2.04. The molecule has 0 atom stereocenters. The number of rotatable bonds is 4. The number of aromatic hydroxyl groups is 1. The Bertz CT molecular complexity index is 271. The maximum atomic E-state index is 9.41. The van der Waals surface area contributed by atoms with E-state index in [1.165, 1.54) is 19.3 Å². The number of hydrogen-bond acceptors (Lipinski definition) is 2. The van der Waals surface area contributed by atoms with Gasteiger partial charge in [-0.05, 0) is 24.5 Å². The Morgan fingerprint density at radius 2 is 1.87 bits per heavy atom. The molecule has 15 heavy (non-hydrogen) atoms. The van der Waals surface area contributed by atoms with Crippen molar-refractivity contribution in [2.75, 3.05) is 0 Å².